The van der Waals surface area contributed by atoms with E-state index in [4.69, 9.17) is 0 Å². The van der Waals surface area contributed by atoms with Gasteiger partial charge in [-0.05, 0) is 32.0 Å². The molecule has 4 nitrogen and oxygen atoms in total. The summed E-state index contributed by atoms with van der Waals surface area (Å²) in [6.45, 7) is 9.15. The molecule has 0 aliphatic rings. The Morgan fingerprint density at radius 3 is 2.75 bits per heavy atom. The van der Waals surface area contributed by atoms with Crippen molar-refractivity contribution in [2.24, 2.45) is 0 Å². The molecule has 0 heterocycles. The summed E-state index contributed by atoms with van der Waals surface area (Å²) in [4.78, 5) is 13.2. The highest BCUT2D eigenvalue weighted by atomic mass is 19.1. The Labute approximate surface area is 120 Å². The first-order chi connectivity index (χ1) is 9.65. The number of carbonyl (C=O) groups is 1. The minimum atomic E-state index is -0.339. The molecule has 0 fully saturated rings. The molecule has 1 amide bonds. The molecule has 5 heteroatoms. The van der Waals surface area contributed by atoms with E-state index in [1.807, 2.05) is 5.32 Å². The second-order valence-corrected chi connectivity index (χ2v) is 4.90. The molecule has 0 bridgehead atoms. The van der Waals surface area contributed by atoms with Gasteiger partial charge in [-0.15, -0.1) is 0 Å². The first-order valence-electron chi connectivity index (χ1n) is 7.36. The first-order valence-corrected chi connectivity index (χ1v) is 7.36. The lowest BCUT2D eigenvalue weighted by molar-refractivity contribution is -0.898. The van der Waals surface area contributed by atoms with Crippen molar-refractivity contribution in [1.29, 1.82) is 0 Å². The van der Waals surface area contributed by atoms with Gasteiger partial charge in [0, 0.05) is 12.1 Å². The van der Waals surface area contributed by atoms with Crippen LogP contribution in [0.5, 0.6) is 0 Å². The predicted octanol–water partition coefficient (Wildman–Crippen LogP) is -0.358. The molecule has 0 atom stereocenters. The quantitative estimate of drug-likeness (QED) is 0.533. The Bertz CT molecular complexity index is 408. The maximum Gasteiger partial charge on any atom is 0.279 e. The third-order valence-electron chi connectivity index (χ3n) is 3.38. The number of amides is 1. The second-order valence-electron chi connectivity index (χ2n) is 4.90. The fourth-order valence-corrected chi connectivity index (χ4v) is 2.11. The summed E-state index contributed by atoms with van der Waals surface area (Å²) in [5.74, 6) is -0.431. The zero-order valence-corrected chi connectivity index (χ0v) is 12.4. The van der Waals surface area contributed by atoms with Gasteiger partial charge in [0.1, 0.15) is 5.82 Å². The number of quaternary nitrogens is 2. The van der Waals surface area contributed by atoms with E-state index in [1.165, 1.54) is 12.1 Å². The van der Waals surface area contributed by atoms with Crippen molar-refractivity contribution in [3.8, 4) is 0 Å². The molecule has 0 aliphatic carbocycles. The molecule has 112 valence electrons. The highest BCUT2D eigenvalue weighted by Gasteiger charge is 2.06. The highest BCUT2D eigenvalue weighted by molar-refractivity contribution is 5.91. The van der Waals surface area contributed by atoms with Gasteiger partial charge < -0.3 is 15.5 Å². The number of nitrogens with one attached hydrogen (secondary N) is 2. The first kappa shape index (κ1) is 16.6. The van der Waals surface area contributed by atoms with Crippen molar-refractivity contribution < 1.29 is 19.4 Å². The van der Waals surface area contributed by atoms with Crippen LogP contribution in [0.1, 0.15) is 20.3 Å². The molecule has 0 unspecified atom stereocenters. The molecule has 20 heavy (non-hydrogen) atoms. The molecule has 1 aromatic carbocycles. The van der Waals surface area contributed by atoms with E-state index < -0.39 is 0 Å². The van der Waals surface area contributed by atoms with Crippen LogP contribution in [0.4, 0.5) is 10.1 Å². The number of halogens is 1. The molecule has 1 aromatic rings. The lowest BCUT2D eigenvalue weighted by Gasteiger charge is -2.14. The Morgan fingerprint density at radius 2 is 2.10 bits per heavy atom. The molecule has 0 saturated heterocycles. The van der Waals surface area contributed by atoms with Crippen molar-refractivity contribution in [3.63, 3.8) is 0 Å². The topological polar surface area (TPSA) is 50.2 Å². The third kappa shape index (κ3) is 6.63. The predicted molar refractivity (Wildman–Crippen MR) is 78.2 cm³/mol. The van der Waals surface area contributed by atoms with E-state index in [0.717, 1.165) is 32.6 Å². The lowest BCUT2D eigenvalue weighted by Crippen LogP contribution is -3.11. The van der Waals surface area contributed by atoms with Gasteiger partial charge in [-0.2, -0.15) is 0 Å². The number of nitrogens with two attached hydrogens (primary N) is 1. The van der Waals surface area contributed by atoms with Gasteiger partial charge in [0.25, 0.3) is 5.91 Å². The van der Waals surface area contributed by atoms with Gasteiger partial charge >= 0.3 is 0 Å². The van der Waals surface area contributed by atoms with E-state index in [0.29, 0.717) is 12.2 Å². The van der Waals surface area contributed by atoms with Crippen molar-refractivity contribution in [2.45, 2.75) is 20.3 Å². The van der Waals surface area contributed by atoms with E-state index in [1.54, 1.807) is 17.0 Å². The van der Waals surface area contributed by atoms with Crippen molar-refractivity contribution in [1.82, 2.24) is 0 Å². The number of hydrogen-bond acceptors (Lipinski definition) is 1. The van der Waals surface area contributed by atoms with Crippen LogP contribution in [0.3, 0.4) is 0 Å². The van der Waals surface area contributed by atoms with Gasteiger partial charge in [0.2, 0.25) is 0 Å². The van der Waals surface area contributed by atoms with E-state index >= 15 is 0 Å². The second kappa shape index (κ2) is 9.44. The Hall–Kier alpha value is -1.46. The van der Waals surface area contributed by atoms with Crippen LogP contribution < -0.4 is 15.5 Å². The van der Waals surface area contributed by atoms with Crippen LogP contribution in [-0.2, 0) is 4.79 Å². The van der Waals surface area contributed by atoms with Crippen molar-refractivity contribution >= 4 is 11.6 Å². The fraction of sp³-hybridized carbons (Fsp3) is 0.533. The van der Waals surface area contributed by atoms with Crippen molar-refractivity contribution in [2.75, 3.05) is 38.0 Å². The third-order valence-corrected chi connectivity index (χ3v) is 3.38. The van der Waals surface area contributed by atoms with Gasteiger partial charge in [0.05, 0.1) is 26.2 Å². The van der Waals surface area contributed by atoms with Crippen LogP contribution in [0.15, 0.2) is 24.3 Å². The van der Waals surface area contributed by atoms with Gasteiger partial charge in [-0.3, -0.25) is 4.79 Å². The minimum Gasteiger partial charge on any atom is -0.338 e. The van der Waals surface area contributed by atoms with Crippen molar-refractivity contribution in [3.05, 3.63) is 30.1 Å². The maximum atomic E-state index is 13.0. The van der Waals surface area contributed by atoms with Gasteiger partial charge in [-0.1, -0.05) is 6.07 Å². The monoisotopic (exact) mass is 283 g/mol. The maximum absolute atomic E-state index is 13.0. The van der Waals surface area contributed by atoms with Gasteiger partial charge in [0.15, 0.2) is 6.54 Å². The summed E-state index contributed by atoms with van der Waals surface area (Å²) >= 11 is 0. The molecule has 0 spiro atoms. The Morgan fingerprint density at radius 1 is 1.35 bits per heavy atom. The smallest absolute Gasteiger partial charge is 0.279 e. The van der Waals surface area contributed by atoms with Crippen LogP contribution in [0.25, 0.3) is 0 Å². The standard InChI is InChI=1S/C15H24FN3O/c1-3-19(4-2)10-6-9-17-12-15(20)18-14-8-5-7-13(16)11-14/h5,7-8,11,17H,3-4,6,9-10,12H2,1-2H3,(H,18,20)/p+2. The summed E-state index contributed by atoms with van der Waals surface area (Å²) in [7, 11) is 0. The molecular formula is C15H26FN3O+2. The SMILES string of the molecule is CC[NH+](CC)CCC[NH2+]CC(=O)Nc1cccc(F)c1. The number of carbonyl (C=O) groups excluding carboxylic acids is 1. The fourth-order valence-electron chi connectivity index (χ4n) is 2.11. The molecule has 1 rings (SSSR count). The number of rotatable bonds is 9. The summed E-state index contributed by atoms with van der Waals surface area (Å²) < 4.78 is 13.0. The zero-order valence-electron chi connectivity index (χ0n) is 12.4. The summed E-state index contributed by atoms with van der Waals surface area (Å²) in [6.07, 6.45) is 1.10. The summed E-state index contributed by atoms with van der Waals surface area (Å²) in [5.41, 5.74) is 0.510. The van der Waals surface area contributed by atoms with E-state index in [9.17, 15) is 9.18 Å². The molecule has 0 radical (unpaired) electrons. The largest absolute Gasteiger partial charge is 0.338 e. The Kier molecular flexibility index (Phi) is 7.84. The molecule has 0 saturated carbocycles. The normalized spacial score (nSPS) is 10.8. The van der Waals surface area contributed by atoms with Crippen LogP contribution >= 0.6 is 0 Å². The highest BCUT2D eigenvalue weighted by Crippen LogP contribution is 2.08. The minimum absolute atomic E-state index is 0.0919. The Balaban J connectivity index is 2.14. The van der Waals surface area contributed by atoms with Gasteiger partial charge in [-0.25, -0.2) is 4.39 Å². The average molecular weight is 283 g/mol. The lowest BCUT2D eigenvalue weighted by atomic mass is 10.3. The molecule has 0 aliphatic heterocycles. The molecule has 0 aromatic heterocycles. The number of hydrogen-bond donors (Lipinski definition) is 3. The van der Waals surface area contributed by atoms with Crippen LogP contribution in [-0.4, -0.2) is 38.6 Å². The van der Waals surface area contributed by atoms with E-state index in [-0.39, 0.29) is 11.7 Å². The number of anilines is 1. The van der Waals surface area contributed by atoms with Crippen LogP contribution in [0, 0.1) is 5.82 Å². The summed E-state index contributed by atoms with van der Waals surface area (Å²) in [6, 6.07) is 5.95. The molecular weight excluding hydrogens is 257 g/mol. The zero-order chi connectivity index (χ0) is 14.8. The summed E-state index contributed by atoms with van der Waals surface area (Å²) in [5, 5.41) is 4.69. The molecule has 4 N–H and O–H groups in total. The number of benzene rings is 1. The van der Waals surface area contributed by atoms with Crippen LogP contribution in [0.2, 0.25) is 0 Å². The average Bonchev–Trinajstić information content (AvgIpc) is 2.43. The van der Waals surface area contributed by atoms with E-state index in [2.05, 4.69) is 19.2 Å².